The fourth-order valence-electron chi connectivity index (χ4n) is 3.28. The van der Waals surface area contributed by atoms with Gasteiger partial charge in [-0.2, -0.15) is 0 Å². The Bertz CT molecular complexity index is 1080. The topological polar surface area (TPSA) is 89.6 Å². The lowest BCUT2D eigenvalue weighted by Crippen LogP contribution is -2.22. The molecule has 5 heteroatoms. The lowest BCUT2D eigenvalue weighted by atomic mass is 9.82. The van der Waals surface area contributed by atoms with Crippen molar-refractivity contribution in [2.75, 3.05) is 5.73 Å². The van der Waals surface area contributed by atoms with Gasteiger partial charge in [-0.05, 0) is 24.1 Å². The van der Waals surface area contributed by atoms with Crippen molar-refractivity contribution in [1.82, 2.24) is 0 Å². The lowest BCUT2D eigenvalue weighted by Gasteiger charge is -2.21. The Morgan fingerprint density at radius 2 is 1.52 bits per heavy atom. The molecule has 0 unspecified atom stereocenters. The Morgan fingerprint density at radius 3 is 2.11 bits per heavy atom. The second-order valence-electron chi connectivity index (χ2n) is 6.36. The number of nitrogens with two attached hydrogens (primary N) is 1. The highest BCUT2D eigenvalue weighted by atomic mass is 16.5. The van der Waals surface area contributed by atoms with E-state index in [2.05, 4.69) is 6.92 Å². The summed E-state index contributed by atoms with van der Waals surface area (Å²) in [5.41, 5.74) is 7.80. The smallest absolute Gasteiger partial charge is 0.198 e. The highest BCUT2D eigenvalue weighted by molar-refractivity contribution is 6.31. The average Bonchev–Trinajstić information content (AvgIpc) is 2.69. The van der Waals surface area contributed by atoms with Gasteiger partial charge >= 0.3 is 0 Å². The molecular formula is C22H17NO4. The van der Waals surface area contributed by atoms with Gasteiger partial charge in [0.15, 0.2) is 17.3 Å². The number of hydrogen-bond acceptors (Lipinski definition) is 5. The van der Waals surface area contributed by atoms with Gasteiger partial charge in [-0.25, -0.2) is 0 Å². The maximum Gasteiger partial charge on any atom is 0.198 e. The number of benzene rings is 3. The van der Waals surface area contributed by atoms with Crippen LogP contribution in [0.5, 0.6) is 17.2 Å². The van der Waals surface area contributed by atoms with Gasteiger partial charge in [0.1, 0.15) is 11.5 Å². The fraction of sp³-hybridized carbons (Fsp3) is 0.0909. The Morgan fingerprint density at radius 1 is 0.926 bits per heavy atom. The molecule has 0 spiro atoms. The molecular weight excluding hydrogens is 342 g/mol. The third-order valence-electron chi connectivity index (χ3n) is 4.74. The molecule has 0 heterocycles. The molecule has 0 bridgehead atoms. The molecule has 4 rings (SSSR count). The predicted octanol–water partition coefficient (Wildman–Crippen LogP) is 4.10. The number of carbonyl (C=O) groups excluding carboxylic acids is 2. The van der Waals surface area contributed by atoms with Crippen molar-refractivity contribution in [1.29, 1.82) is 0 Å². The Labute approximate surface area is 156 Å². The predicted molar refractivity (Wildman–Crippen MR) is 102 cm³/mol. The number of aryl methyl sites for hydroxylation is 1. The maximum atomic E-state index is 12.9. The first kappa shape index (κ1) is 16.8. The molecule has 3 aromatic carbocycles. The number of ketones is 2. The highest BCUT2D eigenvalue weighted by Crippen LogP contribution is 2.42. The van der Waals surface area contributed by atoms with E-state index in [1.807, 2.05) is 12.1 Å². The minimum absolute atomic E-state index is 0.0149. The van der Waals surface area contributed by atoms with Crippen molar-refractivity contribution >= 4 is 17.3 Å². The van der Waals surface area contributed by atoms with Gasteiger partial charge in [0.05, 0.1) is 16.8 Å². The number of phenolic OH excluding ortho intramolecular Hbond substituents is 1. The molecule has 1 aliphatic rings. The van der Waals surface area contributed by atoms with Crippen LogP contribution in [0, 0.1) is 0 Å². The number of anilines is 1. The van der Waals surface area contributed by atoms with E-state index in [1.165, 1.54) is 6.07 Å². The van der Waals surface area contributed by atoms with Gasteiger partial charge < -0.3 is 15.6 Å². The first-order valence-electron chi connectivity index (χ1n) is 8.62. The minimum atomic E-state index is -0.428. The third kappa shape index (κ3) is 2.64. The van der Waals surface area contributed by atoms with Gasteiger partial charge in [-0.3, -0.25) is 9.59 Å². The first-order chi connectivity index (χ1) is 13.0. The van der Waals surface area contributed by atoms with Crippen LogP contribution in [0.2, 0.25) is 0 Å². The monoisotopic (exact) mass is 359 g/mol. The Hall–Kier alpha value is -3.60. The molecule has 27 heavy (non-hydrogen) atoms. The summed E-state index contributed by atoms with van der Waals surface area (Å²) >= 11 is 0. The van der Waals surface area contributed by atoms with E-state index in [9.17, 15) is 14.7 Å². The molecule has 0 radical (unpaired) electrons. The molecule has 0 aromatic heterocycles. The summed E-state index contributed by atoms with van der Waals surface area (Å²) in [6.07, 6.45) is 0.901. The number of ether oxygens (including phenoxy) is 1. The van der Waals surface area contributed by atoms with Crippen LogP contribution >= 0.6 is 0 Å². The lowest BCUT2D eigenvalue weighted by molar-refractivity contribution is 0.0977. The van der Waals surface area contributed by atoms with E-state index < -0.39 is 11.6 Å². The number of hydrogen-bond donors (Lipinski definition) is 2. The number of fused-ring (bicyclic) bond motifs is 2. The summed E-state index contributed by atoms with van der Waals surface area (Å²) in [7, 11) is 0. The second-order valence-corrected chi connectivity index (χ2v) is 6.36. The van der Waals surface area contributed by atoms with E-state index in [0.29, 0.717) is 5.75 Å². The number of phenols is 1. The second kappa shape index (κ2) is 6.29. The first-order valence-corrected chi connectivity index (χ1v) is 8.62. The highest BCUT2D eigenvalue weighted by Gasteiger charge is 2.35. The molecule has 0 fully saturated rings. The molecule has 5 nitrogen and oxygen atoms in total. The van der Waals surface area contributed by atoms with Crippen molar-refractivity contribution in [2.45, 2.75) is 13.3 Å². The molecule has 1 aliphatic carbocycles. The zero-order chi connectivity index (χ0) is 19.1. The molecule has 134 valence electrons. The molecule has 0 saturated heterocycles. The van der Waals surface area contributed by atoms with Crippen molar-refractivity contribution in [3.05, 3.63) is 82.4 Å². The van der Waals surface area contributed by atoms with Crippen LogP contribution in [0.15, 0.2) is 54.6 Å². The third-order valence-corrected chi connectivity index (χ3v) is 4.74. The van der Waals surface area contributed by atoms with Crippen LogP contribution < -0.4 is 10.5 Å². The summed E-state index contributed by atoms with van der Waals surface area (Å²) in [5, 5.41) is 10.4. The molecule has 3 N–H and O–H groups in total. The molecule has 0 saturated carbocycles. The summed E-state index contributed by atoms with van der Waals surface area (Å²) in [5.74, 6) is -0.500. The van der Waals surface area contributed by atoms with Gasteiger partial charge in [-0.1, -0.05) is 43.3 Å². The Kier molecular flexibility index (Phi) is 3.92. The molecule has 0 aliphatic heterocycles. The summed E-state index contributed by atoms with van der Waals surface area (Å²) in [6.45, 7) is 2.05. The van der Waals surface area contributed by atoms with Crippen molar-refractivity contribution < 1.29 is 19.4 Å². The van der Waals surface area contributed by atoms with E-state index in [1.54, 1.807) is 36.4 Å². The van der Waals surface area contributed by atoms with Crippen LogP contribution in [-0.2, 0) is 6.42 Å². The average molecular weight is 359 g/mol. The number of carbonyl (C=O) groups is 2. The van der Waals surface area contributed by atoms with Crippen molar-refractivity contribution in [3.63, 3.8) is 0 Å². The van der Waals surface area contributed by atoms with Gasteiger partial charge in [0, 0.05) is 17.2 Å². The fourth-order valence-corrected chi connectivity index (χ4v) is 3.28. The largest absolute Gasteiger partial charge is 0.507 e. The van der Waals surface area contributed by atoms with Gasteiger partial charge in [0.25, 0.3) is 0 Å². The zero-order valence-corrected chi connectivity index (χ0v) is 14.7. The number of rotatable bonds is 3. The molecule has 0 amide bonds. The van der Waals surface area contributed by atoms with E-state index in [-0.39, 0.29) is 39.4 Å². The van der Waals surface area contributed by atoms with Gasteiger partial charge in [-0.15, -0.1) is 0 Å². The van der Waals surface area contributed by atoms with E-state index in [0.717, 1.165) is 12.0 Å². The van der Waals surface area contributed by atoms with Crippen LogP contribution in [0.1, 0.15) is 44.3 Å². The van der Waals surface area contributed by atoms with E-state index >= 15 is 0 Å². The van der Waals surface area contributed by atoms with Gasteiger partial charge in [0.2, 0.25) is 0 Å². The SMILES string of the molecule is CCc1ccc(Oc2cc(O)c3c(c2N)C(=O)c2ccccc2C3=O)cc1. The Balaban J connectivity index is 1.82. The van der Waals surface area contributed by atoms with Crippen LogP contribution in [0.25, 0.3) is 0 Å². The maximum absolute atomic E-state index is 12.9. The normalized spacial score (nSPS) is 12.5. The minimum Gasteiger partial charge on any atom is -0.507 e. The summed E-state index contributed by atoms with van der Waals surface area (Å²) in [6, 6.07) is 15.2. The van der Waals surface area contributed by atoms with Crippen LogP contribution in [0.4, 0.5) is 5.69 Å². The van der Waals surface area contributed by atoms with Crippen LogP contribution in [-0.4, -0.2) is 16.7 Å². The summed E-state index contributed by atoms with van der Waals surface area (Å²) < 4.78 is 5.78. The molecule has 0 atom stereocenters. The van der Waals surface area contributed by atoms with Crippen LogP contribution in [0.3, 0.4) is 0 Å². The number of nitrogen functional groups attached to an aromatic ring is 1. The molecule has 3 aromatic rings. The summed E-state index contributed by atoms with van der Waals surface area (Å²) in [4.78, 5) is 25.7. The van der Waals surface area contributed by atoms with E-state index in [4.69, 9.17) is 10.5 Å². The standard InChI is InChI=1S/C22H17NO4/c1-2-12-7-9-13(10-8-12)27-17-11-16(24)18-19(20(17)23)22(26)15-6-4-3-5-14(15)21(18)25/h3-11,24H,2,23H2,1H3. The number of aromatic hydroxyl groups is 1. The quantitative estimate of drug-likeness (QED) is 0.424. The zero-order valence-electron chi connectivity index (χ0n) is 14.7. The van der Waals surface area contributed by atoms with Crippen molar-refractivity contribution in [3.8, 4) is 17.2 Å². The van der Waals surface area contributed by atoms with Crippen molar-refractivity contribution in [2.24, 2.45) is 0 Å².